The van der Waals surface area contributed by atoms with Gasteiger partial charge >= 0.3 is 5.97 Å². The first-order valence-corrected chi connectivity index (χ1v) is 6.03. The summed E-state index contributed by atoms with van der Waals surface area (Å²) in [6.45, 7) is 11.5. The normalized spacial score (nSPS) is 13.6. The van der Waals surface area contributed by atoms with Crippen molar-refractivity contribution < 1.29 is 19.1 Å². The van der Waals surface area contributed by atoms with E-state index < -0.39 is 11.6 Å². The lowest BCUT2D eigenvalue weighted by Crippen LogP contribution is -2.40. The van der Waals surface area contributed by atoms with Gasteiger partial charge in [-0.2, -0.15) is 0 Å². The maximum Gasteiger partial charge on any atom is 0.350 e. The lowest BCUT2D eigenvalue weighted by atomic mass is 9.97. The van der Waals surface area contributed by atoms with Crippen LogP contribution in [0.2, 0.25) is 0 Å². The minimum atomic E-state index is -1.22. The quantitative estimate of drug-likeness (QED) is 0.510. The van der Waals surface area contributed by atoms with Gasteiger partial charge in [-0.05, 0) is 32.1 Å². The van der Waals surface area contributed by atoms with Crippen molar-refractivity contribution in [1.29, 1.82) is 0 Å². The lowest BCUT2D eigenvalue weighted by Gasteiger charge is -2.28. The van der Waals surface area contributed by atoms with Crippen molar-refractivity contribution in [3.8, 4) is 0 Å². The maximum atomic E-state index is 11.8. The van der Waals surface area contributed by atoms with E-state index in [9.17, 15) is 9.59 Å². The Bertz CT molecular complexity index is 256. The summed E-state index contributed by atoms with van der Waals surface area (Å²) in [6.07, 6.45) is 0.664. The first-order chi connectivity index (χ1) is 7.70. The summed E-state index contributed by atoms with van der Waals surface area (Å²) >= 11 is 0. The van der Waals surface area contributed by atoms with Gasteiger partial charge in [0.05, 0.1) is 0 Å². The van der Waals surface area contributed by atoms with Crippen molar-refractivity contribution in [1.82, 2.24) is 0 Å². The summed E-state index contributed by atoms with van der Waals surface area (Å²) in [4.78, 5) is 22.1. The summed E-state index contributed by atoms with van der Waals surface area (Å²) in [7, 11) is 0. The largest absolute Gasteiger partial charge is 0.459 e. The maximum absolute atomic E-state index is 11.8. The molecule has 0 aliphatic rings. The molecule has 1 atom stereocenters. The minimum absolute atomic E-state index is 0.142. The molecule has 0 aromatic carbocycles. The third-order valence-corrected chi connectivity index (χ3v) is 2.54. The summed E-state index contributed by atoms with van der Waals surface area (Å²) in [5, 5.41) is 0. The van der Waals surface area contributed by atoms with Crippen LogP contribution in [-0.2, 0) is 19.1 Å². The fourth-order valence-electron chi connectivity index (χ4n) is 1.37. The van der Waals surface area contributed by atoms with Crippen molar-refractivity contribution in [2.75, 3.05) is 0 Å². The first kappa shape index (κ1) is 15.9. The summed E-state index contributed by atoms with van der Waals surface area (Å²) < 4.78 is 10.1. The number of hydrogen-bond acceptors (Lipinski definition) is 4. The Balaban J connectivity index is 4.55. The molecule has 0 heterocycles. The van der Waals surface area contributed by atoms with Gasteiger partial charge in [0, 0.05) is 0 Å². The van der Waals surface area contributed by atoms with E-state index in [-0.39, 0.29) is 18.5 Å². The zero-order chi connectivity index (χ0) is 13.6. The van der Waals surface area contributed by atoms with Gasteiger partial charge in [-0.3, -0.25) is 4.79 Å². The molecule has 0 fully saturated rings. The molecule has 100 valence electrons. The molecule has 0 amide bonds. The summed E-state index contributed by atoms with van der Waals surface area (Å²) in [5.41, 5.74) is -1.22. The third kappa shape index (κ3) is 5.71. The van der Waals surface area contributed by atoms with E-state index in [1.54, 1.807) is 0 Å². The molecule has 0 radical (unpaired) electrons. The Labute approximate surface area is 104 Å². The van der Waals surface area contributed by atoms with Crippen molar-refractivity contribution in [3.63, 3.8) is 0 Å². The van der Waals surface area contributed by atoms with Crippen molar-refractivity contribution in [2.24, 2.45) is 11.8 Å². The van der Waals surface area contributed by atoms with Crippen LogP contribution in [0.3, 0.4) is 0 Å². The average molecular weight is 244 g/mol. The molecule has 0 N–H and O–H groups in total. The van der Waals surface area contributed by atoms with E-state index in [1.807, 2.05) is 13.8 Å². The van der Waals surface area contributed by atoms with Crippen LogP contribution in [0.1, 0.15) is 48.0 Å². The molecule has 4 nitrogen and oxygen atoms in total. The van der Waals surface area contributed by atoms with E-state index >= 15 is 0 Å². The van der Waals surface area contributed by atoms with Gasteiger partial charge in [0.25, 0.3) is 6.47 Å². The Morgan fingerprint density at radius 2 is 1.76 bits per heavy atom. The lowest BCUT2D eigenvalue weighted by molar-refractivity contribution is -0.178. The van der Waals surface area contributed by atoms with Crippen LogP contribution >= 0.6 is 0 Å². The fourth-order valence-corrected chi connectivity index (χ4v) is 1.37. The van der Waals surface area contributed by atoms with Gasteiger partial charge in [-0.25, -0.2) is 4.79 Å². The predicted molar refractivity (Wildman–Crippen MR) is 65.4 cm³/mol. The number of carbonyl (C=O) groups excluding carboxylic acids is 2. The Morgan fingerprint density at radius 3 is 2.12 bits per heavy atom. The topological polar surface area (TPSA) is 52.6 Å². The predicted octanol–water partition coefficient (Wildman–Crippen LogP) is 2.55. The molecule has 0 aromatic rings. The molecule has 0 bridgehead atoms. The van der Waals surface area contributed by atoms with E-state index in [0.29, 0.717) is 5.92 Å². The van der Waals surface area contributed by atoms with Crippen LogP contribution in [0, 0.1) is 11.8 Å². The Kier molecular flexibility index (Phi) is 6.21. The number of ether oxygens (including phenoxy) is 2. The van der Waals surface area contributed by atoms with Crippen LogP contribution in [-0.4, -0.2) is 24.1 Å². The molecule has 0 saturated heterocycles. The Hall–Kier alpha value is -1.06. The SMILES string of the molecule is CC(C)CC(OC(=O)C(C)(C)OC=O)C(C)C. The van der Waals surface area contributed by atoms with Crippen molar-refractivity contribution >= 4 is 12.4 Å². The zero-order valence-electron chi connectivity index (χ0n) is 11.6. The summed E-state index contributed by atoms with van der Waals surface area (Å²) in [6, 6.07) is 0. The van der Waals surface area contributed by atoms with Gasteiger partial charge < -0.3 is 9.47 Å². The highest BCUT2D eigenvalue weighted by Gasteiger charge is 2.34. The number of esters is 1. The second kappa shape index (κ2) is 6.62. The molecule has 0 saturated carbocycles. The Morgan fingerprint density at radius 1 is 1.24 bits per heavy atom. The van der Waals surface area contributed by atoms with Crippen LogP contribution in [0.5, 0.6) is 0 Å². The van der Waals surface area contributed by atoms with Crippen LogP contribution in [0.25, 0.3) is 0 Å². The highest BCUT2D eigenvalue weighted by Crippen LogP contribution is 2.20. The van der Waals surface area contributed by atoms with E-state index in [0.717, 1.165) is 6.42 Å². The van der Waals surface area contributed by atoms with Crippen LogP contribution in [0.15, 0.2) is 0 Å². The smallest absolute Gasteiger partial charge is 0.350 e. The molecule has 0 aromatic heterocycles. The van der Waals surface area contributed by atoms with Gasteiger partial charge in [0.1, 0.15) is 6.10 Å². The number of carbonyl (C=O) groups is 2. The highest BCUT2D eigenvalue weighted by molar-refractivity contribution is 5.79. The average Bonchev–Trinajstić information content (AvgIpc) is 2.15. The van der Waals surface area contributed by atoms with E-state index in [1.165, 1.54) is 13.8 Å². The zero-order valence-corrected chi connectivity index (χ0v) is 11.6. The van der Waals surface area contributed by atoms with Crippen molar-refractivity contribution in [3.05, 3.63) is 0 Å². The molecular formula is C13H24O4. The molecule has 0 rings (SSSR count). The molecule has 1 unspecified atom stereocenters. The molecule has 0 spiro atoms. The first-order valence-electron chi connectivity index (χ1n) is 6.03. The van der Waals surface area contributed by atoms with Gasteiger partial charge in [0.2, 0.25) is 5.60 Å². The number of hydrogen-bond donors (Lipinski definition) is 0. The second-order valence-corrected chi connectivity index (χ2v) is 5.54. The molecular weight excluding hydrogens is 220 g/mol. The standard InChI is InChI=1S/C13H24O4/c1-9(2)7-11(10(3)4)17-12(15)13(5,6)16-8-14/h8-11H,7H2,1-6H3. The fraction of sp³-hybridized carbons (Fsp3) is 0.846. The van der Waals surface area contributed by atoms with E-state index in [2.05, 4.69) is 13.8 Å². The molecule has 4 heteroatoms. The van der Waals surface area contributed by atoms with Crippen molar-refractivity contribution in [2.45, 2.75) is 59.7 Å². The third-order valence-electron chi connectivity index (χ3n) is 2.54. The summed E-state index contributed by atoms with van der Waals surface area (Å²) in [5.74, 6) is 0.197. The molecule has 17 heavy (non-hydrogen) atoms. The number of rotatable bonds is 7. The molecule has 0 aliphatic carbocycles. The molecule has 0 aliphatic heterocycles. The van der Waals surface area contributed by atoms with Gasteiger partial charge in [0.15, 0.2) is 0 Å². The second-order valence-electron chi connectivity index (χ2n) is 5.54. The monoisotopic (exact) mass is 244 g/mol. The highest BCUT2D eigenvalue weighted by atomic mass is 16.6. The van der Waals surface area contributed by atoms with Gasteiger partial charge in [-0.15, -0.1) is 0 Å². The van der Waals surface area contributed by atoms with E-state index in [4.69, 9.17) is 9.47 Å². The van der Waals surface area contributed by atoms with Crippen LogP contribution < -0.4 is 0 Å². The minimum Gasteiger partial charge on any atom is -0.459 e. The van der Waals surface area contributed by atoms with Crippen LogP contribution in [0.4, 0.5) is 0 Å². The van der Waals surface area contributed by atoms with Gasteiger partial charge in [-0.1, -0.05) is 27.7 Å².